The highest BCUT2D eigenvalue weighted by atomic mass is 79.9. The van der Waals surface area contributed by atoms with Crippen molar-refractivity contribution in [1.82, 2.24) is 10.3 Å². The Hall–Kier alpha value is -2.62. The van der Waals surface area contributed by atoms with Crippen LogP contribution in [0, 0.1) is 11.3 Å². The summed E-state index contributed by atoms with van der Waals surface area (Å²) in [7, 11) is 0. The zero-order valence-corrected chi connectivity index (χ0v) is 21.3. The van der Waals surface area contributed by atoms with Crippen molar-refractivity contribution in [2.45, 2.75) is 36.5 Å². The smallest absolute Gasteiger partial charge is 0.414 e. The van der Waals surface area contributed by atoms with Crippen molar-refractivity contribution in [2.24, 2.45) is 5.10 Å². The fourth-order valence-corrected chi connectivity index (χ4v) is 4.90. The molecular formula is C20H19Br2N5O4S. The van der Waals surface area contributed by atoms with Gasteiger partial charge in [0.1, 0.15) is 6.07 Å². The molecule has 2 aromatic rings. The summed E-state index contributed by atoms with van der Waals surface area (Å²) in [5.41, 5.74) is 3.14. The van der Waals surface area contributed by atoms with Gasteiger partial charge in [-0.2, -0.15) is 10.4 Å². The number of hydrazone groups is 1. The fourth-order valence-electron chi connectivity index (χ4n) is 2.37. The van der Waals surface area contributed by atoms with Crippen LogP contribution in [0.5, 0.6) is 0 Å². The normalized spacial score (nSPS) is 11.1. The first-order valence-corrected chi connectivity index (χ1v) is 11.7. The van der Waals surface area contributed by atoms with Gasteiger partial charge in [-0.3, -0.25) is 20.3 Å². The molecule has 0 aliphatic carbocycles. The molecule has 3 N–H and O–H groups in total. The molecule has 0 saturated heterocycles. The number of amides is 2. The number of nitrogens with zero attached hydrogens (tertiary/aromatic N) is 2. The summed E-state index contributed by atoms with van der Waals surface area (Å²) in [4.78, 5) is 39.7. The van der Waals surface area contributed by atoms with Crippen molar-refractivity contribution in [2.75, 3.05) is 12.0 Å². The molecular weight excluding hydrogens is 566 g/mol. The summed E-state index contributed by atoms with van der Waals surface area (Å²) in [5.74, 6) is -0.895. The average molecular weight is 585 g/mol. The van der Waals surface area contributed by atoms with E-state index in [1.54, 1.807) is 31.3 Å². The maximum atomic E-state index is 12.0. The molecule has 168 valence electrons. The van der Waals surface area contributed by atoms with E-state index in [-0.39, 0.29) is 18.1 Å². The Labute approximate surface area is 205 Å². The third-order valence-corrected chi connectivity index (χ3v) is 6.75. The maximum absolute atomic E-state index is 12.0. The minimum Gasteiger partial charge on any atom is -0.450 e. The largest absolute Gasteiger partial charge is 0.450 e. The first kappa shape index (κ1) is 25.6. The van der Waals surface area contributed by atoms with Crippen molar-refractivity contribution in [1.29, 1.82) is 5.26 Å². The van der Waals surface area contributed by atoms with E-state index in [1.807, 2.05) is 25.2 Å². The Morgan fingerprint density at radius 1 is 1.28 bits per heavy atom. The standard InChI is InChI=1S/C20H19Br2N5O4S/c1-4-31-20(30)25-19(29)16(8-23)27-26-11-5-14(21)17(15(22)6-11)32-12-7-13(10(2)3)18(28)24-9-12/h5-7,9-10,26H,4H2,1-3H3,(H,24,28)(H,25,29,30)/b27-16-. The van der Waals surface area contributed by atoms with Crippen LogP contribution in [-0.4, -0.2) is 29.3 Å². The molecule has 9 nitrogen and oxygen atoms in total. The number of aromatic amines is 1. The van der Waals surface area contributed by atoms with E-state index in [2.05, 4.69) is 52.1 Å². The summed E-state index contributed by atoms with van der Waals surface area (Å²) >= 11 is 8.45. The molecule has 0 fully saturated rings. The Kier molecular flexibility index (Phi) is 9.49. The molecule has 1 aromatic carbocycles. The topological polar surface area (TPSA) is 136 Å². The number of nitrogens with one attached hydrogen (secondary N) is 3. The van der Waals surface area contributed by atoms with Crippen LogP contribution < -0.4 is 16.3 Å². The minimum absolute atomic E-state index is 0.0840. The number of pyridine rings is 1. The van der Waals surface area contributed by atoms with Gasteiger partial charge in [0.2, 0.25) is 5.71 Å². The van der Waals surface area contributed by atoms with Gasteiger partial charge in [0.05, 0.1) is 12.3 Å². The van der Waals surface area contributed by atoms with Crippen LogP contribution in [0.2, 0.25) is 0 Å². The predicted octanol–water partition coefficient (Wildman–Crippen LogP) is 4.74. The third kappa shape index (κ3) is 6.94. The first-order valence-electron chi connectivity index (χ1n) is 9.27. The number of ether oxygens (including phenoxy) is 1. The SMILES string of the molecule is CCOC(=O)NC(=O)/C(C#N)=N\Nc1cc(Br)c(Sc2c[nH]c(=O)c(C(C)C)c2)c(Br)c1. The zero-order valence-electron chi connectivity index (χ0n) is 17.3. The lowest BCUT2D eigenvalue weighted by Gasteiger charge is -2.11. The lowest BCUT2D eigenvalue weighted by molar-refractivity contribution is -0.114. The van der Waals surface area contributed by atoms with Crippen LogP contribution in [0.1, 0.15) is 32.3 Å². The predicted molar refractivity (Wildman–Crippen MR) is 129 cm³/mol. The lowest BCUT2D eigenvalue weighted by Crippen LogP contribution is -2.36. The van der Waals surface area contributed by atoms with Crippen LogP contribution in [0.3, 0.4) is 0 Å². The molecule has 0 atom stereocenters. The molecule has 1 aromatic heterocycles. The van der Waals surface area contributed by atoms with Gasteiger partial charge >= 0.3 is 6.09 Å². The van der Waals surface area contributed by atoms with E-state index in [0.29, 0.717) is 20.2 Å². The highest BCUT2D eigenvalue weighted by molar-refractivity contribution is 9.11. The number of rotatable bonds is 7. The second kappa shape index (κ2) is 11.8. The first-order chi connectivity index (χ1) is 15.2. The van der Waals surface area contributed by atoms with Gasteiger partial charge < -0.3 is 9.72 Å². The van der Waals surface area contributed by atoms with Crippen molar-refractivity contribution in [3.63, 3.8) is 0 Å². The van der Waals surface area contributed by atoms with E-state index >= 15 is 0 Å². The number of hydrogen-bond acceptors (Lipinski definition) is 8. The summed E-state index contributed by atoms with van der Waals surface area (Å²) < 4.78 is 6.02. The Morgan fingerprint density at radius 2 is 1.94 bits per heavy atom. The van der Waals surface area contributed by atoms with Gasteiger partial charge in [0.15, 0.2) is 0 Å². The van der Waals surface area contributed by atoms with Gasteiger partial charge in [-0.1, -0.05) is 25.6 Å². The minimum atomic E-state index is -0.984. The molecule has 0 bridgehead atoms. The Morgan fingerprint density at radius 3 is 2.50 bits per heavy atom. The number of carbonyl (C=O) groups excluding carboxylic acids is 2. The molecule has 1 heterocycles. The number of carbonyl (C=O) groups is 2. The maximum Gasteiger partial charge on any atom is 0.414 e. The number of halogens is 2. The summed E-state index contributed by atoms with van der Waals surface area (Å²) in [6, 6.07) is 6.90. The molecule has 0 aliphatic heterocycles. The second-order valence-electron chi connectivity index (χ2n) is 6.50. The average Bonchev–Trinajstić information content (AvgIpc) is 2.72. The molecule has 2 rings (SSSR count). The highest BCUT2D eigenvalue weighted by Crippen LogP contribution is 2.40. The van der Waals surface area contributed by atoms with Crippen molar-refractivity contribution < 1.29 is 14.3 Å². The number of aromatic nitrogens is 1. The molecule has 32 heavy (non-hydrogen) atoms. The molecule has 2 amide bonds. The molecule has 0 aliphatic rings. The summed E-state index contributed by atoms with van der Waals surface area (Å²) in [5, 5.41) is 14.8. The van der Waals surface area contributed by atoms with Gasteiger partial charge in [-0.15, -0.1) is 0 Å². The van der Waals surface area contributed by atoms with Gasteiger partial charge in [-0.05, 0) is 62.9 Å². The van der Waals surface area contributed by atoms with Gasteiger partial charge in [-0.25, -0.2) is 4.79 Å². The van der Waals surface area contributed by atoms with E-state index in [9.17, 15) is 14.4 Å². The van der Waals surface area contributed by atoms with E-state index in [0.717, 1.165) is 9.79 Å². The van der Waals surface area contributed by atoms with E-state index in [1.165, 1.54) is 11.8 Å². The van der Waals surface area contributed by atoms with Gasteiger partial charge in [0, 0.05) is 30.5 Å². The van der Waals surface area contributed by atoms with Crippen molar-refractivity contribution in [3.05, 3.63) is 49.3 Å². The number of hydrogen-bond donors (Lipinski definition) is 3. The van der Waals surface area contributed by atoms with E-state index in [4.69, 9.17) is 5.26 Å². The monoisotopic (exact) mass is 583 g/mol. The lowest BCUT2D eigenvalue weighted by atomic mass is 10.1. The molecule has 0 saturated carbocycles. The Balaban J connectivity index is 2.20. The number of H-pyrrole nitrogens is 1. The number of anilines is 1. The van der Waals surface area contributed by atoms with E-state index < -0.39 is 17.7 Å². The fraction of sp³-hybridized carbons (Fsp3) is 0.250. The van der Waals surface area contributed by atoms with Crippen LogP contribution >= 0.6 is 43.6 Å². The van der Waals surface area contributed by atoms with Crippen LogP contribution in [-0.2, 0) is 9.53 Å². The van der Waals surface area contributed by atoms with Crippen LogP contribution in [0.4, 0.5) is 10.5 Å². The quantitative estimate of drug-likeness (QED) is 0.316. The van der Waals surface area contributed by atoms with Crippen LogP contribution in [0.15, 0.2) is 53.0 Å². The van der Waals surface area contributed by atoms with Crippen molar-refractivity contribution >= 4 is 67.0 Å². The molecule has 0 spiro atoms. The number of benzene rings is 1. The van der Waals surface area contributed by atoms with Gasteiger partial charge in [0.25, 0.3) is 11.5 Å². The van der Waals surface area contributed by atoms with Crippen molar-refractivity contribution in [3.8, 4) is 6.07 Å². The highest BCUT2D eigenvalue weighted by Gasteiger charge is 2.16. The molecule has 0 radical (unpaired) electrons. The summed E-state index contributed by atoms with van der Waals surface area (Å²) in [6.07, 6.45) is 0.686. The molecule has 12 heteroatoms. The molecule has 0 unspecified atom stereocenters. The second-order valence-corrected chi connectivity index (χ2v) is 9.30. The number of alkyl carbamates (subject to hydrolysis) is 1. The number of imide groups is 1. The van der Waals surface area contributed by atoms with Crippen LogP contribution in [0.25, 0.3) is 0 Å². The third-order valence-electron chi connectivity index (χ3n) is 3.85. The Bertz CT molecular complexity index is 1130. The number of nitriles is 1. The summed E-state index contributed by atoms with van der Waals surface area (Å²) in [6.45, 7) is 5.58. The zero-order chi connectivity index (χ0) is 23.8.